The molecule has 0 aliphatic heterocycles. The molecule has 0 aromatic heterocycles. The van der Waals surface area contributed by atoms with Crippen LogP contribution in [0.25, 0.3) is 0 Å². The minimum absolute atomic E-state index is 0.0117. The summed E-state index contributed by atoms with van der Waals surface area (Å²) in [6.07, 6.45) is 1.03. The zero-order valence-electron chi connectivity index (χ0n) is 11.7. The van der Waals surface area contributed by atoms with Crippen LogP contribution in [0.5, 0.6) is 5.75 Å². The highest BCUT2D eigenvalue weighted by Gasteiger charge is 2.25. The van der Waals surface area contributed by atoms with Crippen LogP contribution in [0.2, 0.25) is 0 Å². The Labute approximate surface area is 123 Å². The van der Waals surface area contributed by atoms with E-state index < -0.39 is 0 Å². The summed E-state index contributed by atoms with van der Waals surface area (Å²) in [6, 6.07) is 15.4. The molecule has 21 heavy (non-hydrogen) atoms. The Balaban J connectivity index is 1.44. The van der Waals surface area contributed by atoms with Gasteiger partial charge in [-0.3, -0.25) is 4.79 Å². The molecule has 3 rings (SSSR count). The minimum atomic E-state index is -0.109. The first-order valence-corrected chi connectivity index (χ1v) is 7.05. The molecule has 0 saturated heterocycles. The average Bonchev–Trinajstić information content (AvgIpc) is 2.46. The van der Waals surface area contributed by atoms with Gasteiger partial charge in [-0.1, -0.05) is 30.3 Å². The molecule has 3 N–H and O–H groups in total. The number of fused-ring (bicyclic) bond motifs is 1. The van der Waals surface area contributed by atoms with Crippen LogP contribution in [0.15, 0.2) is 48.5 Å². The molecule has 108 valence electrons. The summed E-state index contributed by atoms with van der Waals surface area (Å²) in [6.45, 7) is 0.675. The predicted octanol–water partition coefficient (Wildman–Crippen LogP) is 2.10. The number of hydrogen-bond acceptors (Lipinski definition) is 3. The molecule has 1 aliphatic carbocycles. The second-order valence-electron chi connectivity index (χ2n) is 5.27. The van der Waals surface area contributed by atoms with Crippen molar-refractivity contribution in [2.45, 2.75) is 12.3 Å². The van der Waals surface area contributed by atoms with E-state index in [1.54, 1.807) is 24.3 Å². The van der Waals surface area contributed by atoms with Gasteiger partial charge in [-0.15, -0.1) is 0 Å². The molecule has 0 bridgehead atoms. The first kappa shape index (κ1) is 13.5. The number of carbonyl (C=O) groups excluding carboxylic acids is 1. The molecule has 1 aliphatic rings. The van der Waals surface area contributed by atoms with Crippen LogP contribution in [0.3, 0.4) is 0 Å². The molecule has 1 unspecified atom stereocenters. The molecule has 0 heterocycles. The van der Waals surface area contributed by atoms with Crippen molar-refractivity contribution in [3.8, 4) is 5.75 Å². The smallest absolute Gasteiger partial charge is 0.257 e. The van der Waals surface area contributed by atoms with E-state index in [4.69, 9.17) is 10.5 Å². The summed E-state index contributed by atoms with van der Waals surface area (Å²) in [5.74, 6) is 0.929. The van der Waals surface area contributed by atoms with Gasteiger partial charge in [-0.05, 0) is 29.7 Å². The molecular formula is C17H18N2O2. The molecule has 2 aromatic carbocycles. The lowest BCUT2D eigenvalue weighted by Crippen LogP contribution is -2.35. The number of ether oxygens (including phenoxy) is 1. The summed E-state index contributed by atoms with van der Waals surface area (Å²) < 4.78 is 5.41. The number of amides is 1. The summed E-state index contributed by atoms with van der Waals surface area (Å²) in [7, 11) is 0. The van der Waals surface area contributed by atoms with Gasteiger partial charge in [-0.2, -0.15) is 0 Å². The van der Waals surface area contributed by atoms with Crippen molar-refractivity contribution < 1.29 is 9.53 Å². The van der Waals surface area contributed by atoms with Crippen molar-refractivity contribution in [3.05, 3.63) is 59.7 Å². The van der Waals surface area contributed by atoms with E-state index in [1.165, 1.54) is 11.1 Å². The van der Waals surface area contributed by atoms with Crippen molar-refractivity contribution in [3.63, 3.8) is 0 Å². The molecular weight excluding hydrogens is 264 g/mol. The van der Waals surface area contributed by atoms with Gasteiger partial charge in [0.05, 0.1) is 0 Å². The van der Waals surface area contributed by atoms with Crippen molar-refractivity contribution in [2.75, 3.05) is 18.9 Å². The number of nitrogen functional groups attached to an aromatic ring is 1. The molecule has 0 saturated carbocycles. The van der Waals surface area contributed by atoms with E-state index in [0.717, 1.165) is 6.42 Å². The maximum atomic E-state index is 11.8. The Morgan fingerprint density at radius 3 is 2.90 bits per heavy atom. The van der Waals surface area contributed by atoms with Gasteiger partial charge in [0.1, 0.15) is 5.75 Å². The highest BCUT2D eigenvalue weighted by Crippen LogP contribution is 2.33. The lowest BCUT2D eigenvalue weighted by atomic mass is 9.77. The Morgan fingerprint density at radius 1 is 1.24 bits per heavy atom. The molecule has 1 amide bonds. The van der Waals surface area contributed by atoms with Crippen LogP contribution >= 0.6 is 0 Å². The maximum absolute atomic E-state index is 11.8. The number of rotatable bonds is 5. The lowest BCUT2D eigenvalue weighted by molar-refractivity contribution is -0.123. The lowest BCUT2D eigenvalue weighted by Gasteiger charge is -2.30. The van der Waals surface area contributed by atoms with Crippen LogP contribution in [0.4, 0.5) is 5.69 Å². The molecule has 0 fully saturated rings. The van der Waals surface area contributed by atoms with Gasteiger partial charge in [-0.25, -0.2) is 0 Å². The van der Waals surface area contributed by atoms with Gasteiger partial charge in [0.25, 0.3) is 5.91 Å². The summed E-state index contributed by atoms with van der Waals surface area (Å²) in [4.78, 5) is 11.8. The van der Waals surface area contributed by atoms with Crippen molar-refractivity contribution >= 4 is 11.6 Å². The second kappa shape index (κ2) is 5.87. The average molecular weight is 282 g/mol. The fraction of sp³-hybridized carbons (Fsp3) is 0.235. The third-order valence-corrected chi connectivity index (χ3v) is 3.73. The Kier molecular flexibility index (Phi) is 3.77. The van der Waals surface area contributed by atoms with Crippen LogP contribution in [-0.4, -0.2) is 19.1 Å². The van der Waals surface area contributed by atoms with Gasteiger partial charge in [0.2, 0.25) is 0 Å². The monoisotopic (exact) mass is 282 g/mol. The van der Waals surface area contributed by atoms with Crippen LogP contribution in [0.1, 0.15) is 17.0 Å². The normalized spacial score (nSPS) is 15.7. The first-order chi connectivity index (χ1) is 10.2. The molecule has 4 heteroatoms. The summed E-state index contributed by atoms with van der Waals surface area (Å²) in [5.41, 5.74) is 9.00. The van der Waals surface area contributed by atoms with Gasteiger partial charge >= 0.3 is 0 Å². The summed E-state index contributed by atoms with van der Waals surface area (Å²) >= 11 is 0. The molecule has 2 aromatic rings. The SMILES string of the molecule is Nc1cccc(OCC(=O)NCC2Cc3ccccc32)c1. The Bertz CT molecular complexity index is 655. The third-order valence-electron chi connectivity index (χ3n) is 3.73. The second-order valence-corrected chi connectivity index (χ2v) is 5.27. The number of nitrogens with two attached hydrogens (primary N) is 1. The van der Waals surface area contributed by atoms with Gasteiger partial charge < -0.3 is 15.8 Å². The fourth-order valence-electron chi connectivity index (χ4n) is 2.59. The first-order valence-electron chi connectivity index (χ1n) is 7.05. The maximum Gasteiger partial charge on any atom is 0.257 e. The van der Waals surface area contributed by atoms with Crippen LogP contribution in [0, 0.1) is 0 Å². The zero-order valence-corrected chi connectivity index (χ0v) is 11.7. The van der Waals surface area contributed by atoms with Gasteiger partial charge in [0.15, 0.2) is 6.61 Å². The van der Waals surface area contributed by atoms with Crippen molar-refractivity contribution in [2.24, 2.45) is 0 Å². The molecule has 1 atom stereocenters. The largest absolute Gasteiger partial charge is 0.484 e. The topological polar surface area (TPSA) is 64.3 Å². The molecule has 4 nitrogen and oxygen atoms in total. The summed E-state index contributed by atoms with van der Waals surface area (Å²) in [5, 5.41) is 2.92. The molecule has 0 radical (unpaired) electrons. The van der Waals surface area contributed by atoms with Crippen molar-refractivity contribution in [1.82, 2.24) is 5.32 Å². The quantitative estimate of drug-likeness (QED) is 0.825. The number of hydrogen-bond donors (Lipinski definition) is 2. The van der Waals surface area contributed by atoms with E-state index in [2.05, 4.69) is 17.4 Å². The van der Waals surface area contributed by atoms with E-state index in [-0.39, 0.29) is 12.5 Å². The zero-order chi connectivity index (χ0) is 14.7. The predicted molar refractivity (Wildman–Crippen MR) is 82.2 cm³/mol. The van der Waals surface area contributed by atoms with E-state index in [0.29, 0.717) is 23.9 Å². The highest BCUT2D eigenvalue weighted by molar-refractivity contribution is 5.77. The molecule has 0 spiro atoms. The Hall–Kier alpha value is -2.49. The number of benzene rings is 2. The number of anilines is 1. The van der Waals surface area contributed by atoms with E-state index in [9.17, 15) is 4.79 Å². The van der Waals surface area contributed by atoms with Crippen LogP contribution < -0.4 is 15.8 Å². The highest BCUT2D eigenvalue weighted by atomic mass is 16.5. The van der Waals surface area contributed by atoms with Crippen molar-refractivity contribution in [1.29, 1.82) is 0 Å². The Morgan fingerprint density at radius 2 is 2.10 bits per heavy atom. The van der Waals surface area contributed by atoms with Gasteiger partial charge in [0, 0.05) is 24.2 Å². The third kappa shape index (κ3) is 3.16. The van der Waals surface area contributed by atoms with E-state index >= 15 is 0 Å². The minimum Gasteiger partial charge on any atom is -0.484 e. The number of nitrogens with one attached hydrogen (secondary N) is 1. The number of carbonyl (C=O) groups is 1. The standard InChI is InChI=1S/C17H18N2O2/c18-14-5-3-6-15(9-14)21-11-17(20)19-10-13-8-12-4-1-2-7-16(12)13/h1-7,9,13H,8,10-11,18H2,(H,19,20). The fourth-order valence-corrected chi connectivity index (χ4v) is 2.59. The van der Waals surface area contributed by atoms with Crippen LogP contribution in [-0.2, 0) is 11.2 Å². The van der Waals surface area contributed by atoms with E-state index in [1.807, 2.05) is 12.1 Å².